The first-order valence-electron chi connectivity index (χ1n) is 7.85. The molecule has 0 amide bonds. The van der Waals surface area contributed by atoms with Crippen molar-refractivity contribution in [2.45, 2.75) is 83.1 Å². The Bertz CT molecular complexity index is 229. The first-order chi connectivity index (χ1) is 8.85. The molecular weight excluding hydrogens is 226 g/mol. The van der Waals surface area contributed by atoms with Crippen LogP contribution in [0, 0.1) is 0 Å². The SMILES string of the molecule is CCCNC1CC(OC2CCCC2)C1OCCC. The first-order valence-corrected chi connectivity index (χ1v) is 7.85. The van der Waals surface area contributed by atoms with Gasteiger partial charge in [0.25, 0.3) is 0 Å². The summed E-state index contributed by atoms with van der Waals surface area (Å²) in [6.45, 7) is 6.33. The molecule has 2 saturated carbocycles. The van der Waals surface area contributed by atoms with Gasteiger partial charge in [0.05, 0.1) is 18.3 Å². The summed E-state index contributed by atoms with van der Waals surface area (Å²) in [4.78, 5) is 0. The fourth-order valence-corrected chi connectivity index (χ4v) is 2.99. The summed E-state index contributed by atoms with van der Waals surface area (Å²) >= 11 is 0. The van der Waals surface area contributed by atoms with E-state index in [0.717, 1.165) is 26.0 Å². The molecular formula is C15H29NO2. The van der Waals surface area contributed by atoms with Crippen LogP contribution >= 0.6 is 0 Å². The molecule has 0 heterocycles. The van der Waals surface area contributed by atoms with Crippen molar-refractivity contribution in [2.24, 2.45) is 0 Å². The average molecular weight is 255 g/mol. The Balaban J connectivity index is 1.74. The van der Waals surface area contributed by atoms with E-state index < -0.39 is 0 Å². The van der Waals surface area contributed by atoms with Gasteiger partial charge in [0.1, 0.15) is 0 Å². The fraction of sp³-hybridized carbons (Fsp3) is 1.00. The first kappa shape index (κ1) is 14.3. The van der Waals surface area contributed by atoms with Crippen LogP contribution in [0.15, 0.2) is 0 Å². The van der Waals surface area contributed by atoms with Crippen LogP contribution in [0.25, 0.3) is 0 Å². The molecule has 2 aliphatic rings. The molecule has 1 N–H and O–H groups in total. The molecule has 3 unspecified atom stereocenters. The highest BCUT2D eigenvalue weighted by Gasteiger charge is 2.43. The van der Waals surface area contributed by atoms with E-state index in [4.69, 9.17) is 9.47 Å². The summed E-state index contributed by atoms with van der Waals surface area (Å²) in [7, 11) is 0. The van der Waals surface area contributed by atoms with Crippen LogP contribution in [0.4, 0.5) is 0 Å². The Morgan fingerprint density at radius 3 is 2.56 bits per heavy atom. The van der Waals surface area contributed by atoms with Gasteiger partial charge in [-0.2, -0.15) is 0 Å². The molecule has 3 heteroatoms. The van der Waals surface area contributed by atoms with Crippen LogP contribution in [0.2, 0.25) is 0 Å². The van der Waals surface area contributed by atoms with Gasteiger partial charge >= 0.3 is 0 Å². The van der Waals surface area contributed by atoms with Crippen molar-refractivity contribution in [3.63, 3.8) is 0 Å². The maximum atomic E-state index is 6.20. The van der Waals surface area contributed by atoms with Gasteiger partial charge in [0, 0.05) is 12.6 Å². The second-order valence-electron chi connectivity index (χ2n) is 5.71. The fourth-order valence-electron chi connectivity index (χ4n) is 2.99. The normalized spacial score (nSPS) is 32.7. The van der Waals surface area contributed by atoms with Crippen molar-refractivity contribution >= 4 is 0 Å². The number of nitrogens with one attached hydrogen (secondary N) is 1. The molecule has 0 aromatic rings. The van der Waals surface area contributed by atoms with E-state index in [2.05, 4.69) is 19.2 Å². The second kappa shape index (κ2) is 7.46. The Morgan fingerprint density at radius 1 is 1.11 bits per heavy atom. The van der Waals surface area contributed by atoms with Gasteiger partial charge < -0.3 is 14.8 Å². The second-order valence-corrected chi connectivity index (χ2v) is 5.71. The van der Waals surface area contributed by atoms with Crippen LogP contribution in [0.3, 0.4) is 0 Å². The minimum absolute atomic E-state index is 0.289. The lowest BCUT2D eigenvalue weighted by Crippen LogP contribution is -2.60. The third kappa shape index (κ3) is 3.69. The van der Waals surface area contributed by atoms with Gasteiger partial charge in [-0.25, -0.2) is 0 Å². The Labute approximate surface area is 112 Å². The Hall–Kier alpha value is -0.120. The summed E-state index contributed by atoms with van der Waals surface area (Å²) in [5.74, 6) is 0. The highest BCUT2D eigenvalue weighted by Crippen LogP contribution is 2.32. The standard InChI is InChI=1S/C15H29NO2/c1-3-9-16-13-11-14(15(13)17-10-4-2)18-12-7-5-6-8-12/h12-16H,3-11H2,1-2H3. The Kier molecular flexibility index (Phi) is 5.93. The molecule has 2 rings (SSSR count). The zero-order valence-electron chi connectivity index (χ0n) is 12.0. The third-order valence-corrected chi connectivity index (χ3v) is 4.09. The van der Waals surface area contributed by atoms with E-state index in [9.17, 15) is 0 Å². The predicted octanol–water partition coefficient (Wildman–Crippen LogP) is 2.88. The van der Waals surface area contributed by atoms with Gasteiger partial charge in [-0.3, -0.25) is 0 Å². The molecule has 0 aromatic heterocycles. The van der Waals surface area contributed by atoms with E-state index in [0.29, 0.717) is 18.2 Å². The molecule has 0 spiro atoms. The minimum Gasteiger partial charge on any atom is -0.374 e. The lowest BCUT2D eigenvalue weighted by molar-refractivity contribution is -0.166. The summed E-state index contributed by atoms with van der Waals surface area (Å²) in [5, 5.41) is 3.58. The molecule has 3 atom stereocenters. The van der Waals surface area contributed by atoms with E-state index in [1.165, 1.54) is 32.1 Å². The predicted molar refractivity (Wildman–Crippen MR) is 73.9 cm³/mol. The van der Waals surface area contributed by atoms with Gasteiger partial charge in [-0.05, 0) is 38.6 Å². The van der Waals surface area contributed by atoms with E-state index in [-0.39, 0.29) is 6.10 Å². The molecule has 2 aliphatic carbocycles. The van der Waals surface area contributed by atoms with Gasteiger partial charge in [-0.15, -0.1) is 0 Å². The number of ether oxygens (including phenoxy) is 2. The molecule has 3 nitrogen and oxygen atoms in total. The van der Waals surface area contributed by atoms with Crippen molar-refractivity contribution in [1.82, 2.24) is 5.32 Å². The summed E-state index contributed by atoms with van der Waals surface area (Å²) in [6, 6.07) is 0.517. The van der Waals surface area contributed by atoms with Crippen molar-refractivity contribution in [3.8, 4) is 0 Å². The largest absolute Gasteiger partial charge is 0.374 e. The van der Waals surface area contributed by atoms with Crippen LogP contribution in [-0.2, 0) is 9.47 Å². The van der Waals surface area contributed by atoms with Gasteiger partial charge in [0.15, 0.2) is 0 Å². The van der Waals surface area contributed by atoms with Crippen LogP contribution in [-0.4, -0.2) is 37.5 Å². The van der Waals surface area contributed by atoms with Crippen LogP contribution in [0.5, 0.6) is 0 Å². The molecule has 0 aromatic carbocycles. The smallest absolute Gasteiger partial charge is 0.0990 e. The van der Waals surface area contributed by atoms with Crippen molar-refractivity contribution in [2.75, 3.05) is 13.2 Å². The molecule has 2 fully saturated rings. The summed E-state index contributed by atoms with van der Waals surface area (Å²) in [6.07, 6.45) is 9.74. The monoisotopic (exact) mass is 255 g/mol. The zero-order chi connectivity index (χ0) is 12.8. The topological polar surface area (TPSA) is 30.5 Å². The number of rotatable bonds is 8. The molecule has 0 aliphatic heterocycles. The van der Waals surface area contributed by atoms with E-state index in [1.54, 1.807) is 0 Å². The van der Waals surface area contributed by atoms with Crippen LogP contribution < -0.4 is 5.32 Å². The molecule has 0 bridgehead atoms. The summed E-state index contributed by atoms with van der Waals surface area (Å²) < 4.78 is 12.2. The highest BCUT2D eigenvalue weighted by atomic mass is 16.6. The van der Waals surface area contributed by atoms with Crippen molar-refractivity contribution in [3.05, 3.63) is 0 Å². The highest BCUT2D eigenvalue weighted by molar-refractivity contribution is 4.98. The number of hydrogen-bond acceptors (Lipinski definition) is 3. The number of hydrogen-bond donors (Lipinski definition) is 1. The van der Waals surface area contributed by atoms with Crippen LogP contribution in [0.1, 0.15) is 58.8 Å². The molecule has 106 valence electrons. The van der Waals surface area contributed by atoms with Crippen molar-refractivity contribution in [1.29, 1.82) is 0 Å². The summed E-state index contributed by atoms with van der Waals surface area (Å²) in [5.41, 5.74) is 0. The van der Waals surface area contributed by atoms with Crippen molar-refractivity contribution < 1.29 is 9.47 Å². The lowest BCUT2D eigenvalue weighted by Gasteiger charge is -2.45. The van der Waals surface area contributed by atoms with Gasteiger partial charge in [0.2, 0.25) is 0 Å². The van der Waals surface area contributed by atoms with E-state index in [1.807, 2.05) is 0 Å². The van der Waals surface area contributed by atoms with E-state index >= 15 is 0 Å². The minimum atomic E-state index is 0.289. The molecule has 0 radical (unpaired) electrons. The Morgan fingerprint density at radius 2 is 1.89 bits per heavy atom. The molecule has 0 saturated heterocycles. The third-order valence-electron chi connectivity index (χ3n) is 4.09. The zero-order valence-corrected chi connectivity index (χ0v) is 12.0. The maximum absolute atomic E-state index is 6.20. The molecule has 18 heavy (non-hydrogen) atoms. The average Bonchev–Trinajstić information content (AvgIpc) is 2.86. The lowest BCUT2D eigenvalue weighted by atomic mass is 9.84. The maximum Gasteiger partial charge on any atom is 0.0990 e. The van der Waals surface area contributed by atoms with Gasteiger partial charge in [-0.1, -0.05) is 26.7 Å². The quantitative estimate of drug-likeness (QED) is 0.723.